The Bertz CT molecular complexity index is 494. The van der Waals surface area contributed by atoms with Gasteiger partial charge in [-0.2, -0.15) is 0 Å². The van der Waals surface area contributed by atoms with Crippen LogP contribution in [0.3, 0.4) is 0 Å². The summed E-state index contributed by atoms with van der Waals surface area (Å²) < 4.78 is 5.33. The van der Waals surface area contributed by atoms with Crippen LogP contribution in [0.15, 0.2) is 24.3 Å². The second-order valence-electron chi connectivity index (χ2n) is 6.88. The molecule has 0 spiro atoms. The average Bonchev–Trinajstić information content (AvgIpc) is 2.36. The Morgan fingerprint density at radius 2 is 2.10 bits per heavy atom. The summed E-state index contributed by atoms with van der Waals surface area (Å²) in [7, 11) is 0. The molecular weight excluding hydrogens is 264 g/mol. The molecule has 2 atom stereocenters. The van der Waals surface area contributed by atoms with Gasteiger partial charge in [0.2, 0.25) is 0 Å². The summed E-state index contributed by atoms with van der Waals surface area (Å²) >= 11 is 0. The van der Waals surface area contributed by atoms with E-state index < -0.39 is 5.60 Å². The van der Waals surface area contributed by atoms with E-state index in [0.29, 0.717) is 5.92 Å². The van der Waals surface area contributed by atoms with E-state index >= 15 is 0 Å². The van der Waals surface area contributed by atoms with Crippen molar-refractivity contribution >= 4 is 11.8 Å². The molecule has 0 aromatic heterocycles. The number of hydrogen-bond acceptors (Lipinski definition) is 3. The molecule has 1 saturated carbocycles. The molecule has 1 aliphatic carbocycles. The second kappa shape index (κ2) is 6.37. The summed E-state index contributed by atoms with van der Waals surface area (Å²) in [6, 6.07) is 8.25. The molecule has 21 heavy (non-hydrogen) atoms. The molecular formula is C17H26N2O2. The fraction of sp³-hybridized carbons (Fsp3) is 0.588. The highest BCUT2D eigenvalue weighted by Gasteiger charge is 2.26. The van der Waals surface area contributed by atoms with Gasteiger partial charge in [-0.15, -0.1) is 0 Å². The van der Waals surface area contributed by atoms with Crippen molar-refractivity contribution in [2.45, 2.75) is 64.0 Å². The topological polar surface area (TPSA) is 64.3 Å². The van der Waals surface area contributed by atoms with Gasteiger partial charge in [-0.05, 0) is 63.6 Å². The molecule has 1 aromatic rings. The summed E-state index contributed by atoms with van der Waals surface area (Å²) in [4.78, 5) is 11.9. The fourth-order valence-corrected chi connectivity index (χ4v) is 2.91. The number of nitrogens with one attached hydrogen (secondary N) is 1. The summed E-state index contributed by atoms with van der Waals surface area (Å²) in [5, 5.41) is 3.00. The number of hydrogen-bond donors (Lipinski definition) is 2. The maximum atomic E-state index is 11.9. The number of alkyl carbamates (subject to hydrolysis) is 1. The fourth-order valence-electron chi connectivity index (χ4n) is 2.91. The van der Waals surface area contributed by atoms with E-state index in [4.69, 9.17) is 10.5 Å². The zero-order chi connectivity index (χ0) is 15.5. The number of anilines is 1. The van der Waals surface area contributed by atoms with Gasteiger partial charge in [0.25, 0.3) is 0 Å². The molecule has 1 aliphatic rings. The number of nitrogens with two attached hydrogens (primary N) is 1. The van der Waals surface area contributed by atoms with E-state index in [1.165, 1.54) is 5.56 Å². The van der Waals surface area contributed by atoms with Gasteiger partial charge in [-0.1, -0.05) is 18.6 Å². The van der Waals surface area contributed by atoms with Gasteiger partial charge in [0.15, 0.2) is 0 Å². The number of carbonyl (C=O) groups excluding carboxylic acids is 1. The molecule has 0 saturated heterocycles. The summed E-state index contributed by atoms with van der Waals surface area (Å²) in [5.41, 5.74) is 7.48. The van der Waals surface area contributed by atoms with Gasteiger partial charge in [0.05, 0.1) is 0 Å². The lowest BCUT2D eigenvalue weighted by Gasteiger charge is -2.31. The lowest BCUT2D eigenvalue weighted by atomic mass is 9.81. The maximum Gasteiger partial charge on any atom is 0.407 e. The van der Waals surface area contributed by atoms with Crippen LogP contribution in [0.4, 0.5) is 10.5 Å². The predicted octanol–water partition coefficient (Wildman–Crippen LogP) is 3.82. The SMILES string of the molecule is CC(C)(C)OC(=O)N[C@H]1CCC[C@H](c2cccc(N)c2)C1. The van der Waals surface area contributed by atoms with Crippen LogP contribution in [0, 0.1) is 0 Å². The first-order valence-corrected chi connectivity index (χ1v) is 7.68. The molecule has 0 radical (unpaired) electrons. The largest absolute Gasteiger partial charge is 0.444 e. The van der Waals surface area contributed by atoms with Crippen molar-refractivity contribution in [3.8, 4) is 0 Å². The van der Waals surface area contributed by atoms with Gasteiger partial charge >= 0.3 is 6.09 Å². The van der Waals surface area contributed by atoms with Gasteiger partial charge in [0.1, 0.15) is 5.60 Å². The van der Waals surface area contributed by atoms with Crippen molar-refractivity contribution in [3.63, 3.8) is 0 Å². The van der Waals surface area contributed by atoms with Crippen LogP contribution >= 0.6 is 0 Å². The van der Waals surface area contributed by atoms with E-state index in [0.717, 1.165) is 31.4 Å². The van der Waals surface area contributed by atoms with Gasteiger partial charge in [-0.25, -0.2) is 4.79 Å². The summed E-state index contributed by atoms with van der Waals surface area (Å²) in [6.45, 7) is 5.63. The Hall–Kier alpha value is -1.71. The molecule has 4 heteroatoms. The van der Waals surface area contributed by atoms with Gasteiger partial charge in [-0.3, -0.25) is 0 Å². The third-order valence-electron chi connectivity index (χ3n) is 3.78. The average molecular weight is 290 g/mol. The molecule has 1 aromatic carbocycles. The van der Waals surface area contributed by atoms with E-state index in [1.54, 1.807) is 0 Å². The van der Waals surface area contributed by atoms with Crippen LogP contribution in [-0.4, -0.2) is 17.7 Å². The highest BCUT2D eigenvalue weighted by Crippen LogP contribution is 2.33. The normalized spacial score (nSPS) is 22.6. The van der Waals surface area contributed by atoms with E-state index in [9.17, 15) is 4.79 Å². The predicted molar refractivity (Wildman–Crippen MR) is 85.2 cm³/mol. The Balaban J connectivity index is 1.93. The van der Waals surface area contributed by atoms with Crippen LogP contribution in [0.2, 0.25) is 0 Å². The van der Waals surface area contributed by atoms with E-state index in [-0.39, 0.29) is 12.1 Å². The lowest BCUT2D eigenvalue weighted by molar-refractivity contribution is 0.0490. The minimum Gasteiger partial charge on any atom is -0.444 e. The first-order chi connectivity index (χ1) is 9.83. The smallest absolute Gasteiger partial charge is 0.407 e. The van der Waals surface area contributed by atoms with E-state index in [2.05, 4.69) is 11.4 Å². The molecule has 1 amide bonds. The highest BCUT2D eigenvalue weighted by molar-refractivity contribution is 5.68. The first-order valence-electron chi connectivity index (χ1n) is 7.68. The molecule has 0 aliphatic heterocycles. The van der Waals surface area contributed by atoms with Crippen molar-refractivity contribution < 1.29 is 9.53 Å². The van der Waals surface area contributed by atoms with Gasteiger partial charge < -0.3 is 15.8 Å². The molecule has 4 nitrogen and oxygen atoms in total. The number of amides is 1. The Morgan fingerprint density at radius 3 is 2.76 bits per heavy atom. The second-order valence-corrected chi connectivity index (χ2v) is 6.88. The van der Waals surface area contributed by atoms with Crippen LogP contribution < -0.4 is 11.1 Å². The third-order valence-corrected chi connectivity index (χ3v) is 3.78. The first kappa shape index (κ1) is 15.7. The standard InChI is InChI=1S/C17H26N2O2/c1-17(2,3)21-16(20)19-15-9-5-7-13(11-15)12-6-4-8-14(18)10-12/h4,6,8,10,13,15H,5,7,9,11,18H2,1-3H3,(H,19,20)/t13-,15-/m0/s1. The number of ether oxygens (including phenoxy) is 1. The molecule has 0 unspecified atom stereocenters. The zero-order valence-electron chi connectivity index (χ0n) is 13.2. The van der Waals surface area contributed by atoms with Crippen LogP contribution in [0.1, 0.15) is 57.9 Å². The van der Waals surface area contributed by atoms with Crippen LogP contribution in [0.5, 0.6) is 0 Å². The molecule has 116 valence electrons. The Morgan fingerprint density at radius 1 is 1.33 bits per heavy atom. The van der Waals surface area contributed by atoms with Gasteiger partial charge in [0, 0.05) is 11.7 Å². The quantitative estimate of drug-likeness (QED) is 0.814. The number of rotatable bonds is 2. The van der Waals surface area contributed by atoms with Crippen molar-refractivity contribution in [1.82, 2.24) is 5.32 Å². The van der Waals surface area contributed by atoms with E-state index in [1.807, 2.05) is 39.0 Å². The van der Waals surface area contributed by atoms with Crippen LogP contribution in [0.25, 0.3) is 0 Å². The number of carbonyl (C=O) groups is 1. The highest BCUT2D eigenvalue weighted by atomic mass is 16.6. The maximum absolute atomic E-state index is 11.9. The monoisotopic (exact) mass is 290 g/mol. The zero-order valence-corrected chi connectivity index (χ0v) is 13.2. The molecule has 0 heterocycles. The molecule has 0 bridgehead atoms. The number of benzene rings is 1. The Labute approximate surface area is 127 Å². The molecule has 1 fully saturated rings. The van der Waals surface area contributed by atoms with Crippen LogP contribution in [-0.2, 0) is 4.74 Å². The Kier molecular flexibility index (Phi) is 4.76. The molecule has 3 N–H and O–H groups in total. The van der Waals surface area contributed by atoms with Crippen molar-refractivity contribution in [2.24, 2.45) is 0 Å². The minimum atomic E-state index is -0.452. The van der Waals surface area contributed by atoms with Crippen molar-refractivity contribution in [2.75, 3.05) is 5.73 Å². The summed E-state index contributed by atoms with van der Waals surface area (Å²) in [5.74, 6) is 0.460. The minimum absolute atomic E-state index is 0.181. The summed E-state index contributed by atoms with van der Waals surface area (Å²) in [6.07, 6.45) is 3.90. The van der Waals surface area contributed by atoms with Crippen molar-refractivity contribution in [3.05, 3.63) is 29.8 Å². The number of nitrogen functional groups attached to an aromatic ring is 1. The lowest BCUT2D eigenvalue weighted by Crippen LogP contribution is -2.41. The molecule has 2 rings (SSSR count). The third kappa shape index (κ3) is 4.96. The van der Waals surface area contributed by atoms with Crippen molar-refractivity contribution in [1.29, 1.82) is 0 Å².